The minimum Gasteiger partial charge on any atom is -0.325 e. The van der Waals surface area contributed by atoms with Crippen molar-refractivity contribution in [2.45, 2.75) is 26.8 Å². The molecule has 0 aliphatic rings. The maximum Gasteiger partial charge on any atom is 0.241 e. The van der Waals surface area contributed by atoms with Gasteiger partial charge in [-0.25, -0.2) is 0 Å². The van der Waals surface area contributed by atoms with E-state index in [1.807, 2.05) is 38.1 Å². The molecule has 2 N–H and O–H groups in total. The molecule has 27 heavy (non-hydrogen) atoms. The van der Waals surface area contributed by atoms with E-state index < -0.39 is 6.04 Å². The van der Waals surface area contributed by atoms with Crippen molar-refractivity contribution >= 4 is 23.2 Å². The summed E-state index contributed by atoms with van der Waals surface area (Å²) in [6, 6.07) is 14.0. The van der Waals surface area contributed by atoms with Crippen LogP contribution in [0, 0.1) is 25.2 Å². The van der Waals surface area contributed by atoms with Gasteiger partial charge in [-0.1, -0.05) is 18.2 Å². The van der Waals surface area contributed by atoms with Crippen LogP contribution in [0.4, 0.5) is 11.4 Å². The Balaban J connectivity index is 1.94. The second-order valence-electron chi connectivity index (χ2n) is 6.57. The zero-order chi connectivity index (χ0) is 20.0. The van der Waals surface area contributed by atoms with Crippen LogP contribution in [-0.2, 0) is 9.59 Å². The van der Waals surface area contributed by atoms with E-state index >= 15 is 0 Å². The lowest BCUT2D eigenvalue weighted by Crippen LogP contribution is -2.43. The standard InChI is InChI=1S/C21H24N4O2/c1-14-7-5-10-19(15(14)2)24-20(26)13-25(4)16(3)21(27)23-18-9-6-8-17(11-18)12-22/h5-11,16H,13H2,1-4H3,(H,23,27)(H,24,26)/t16-/m0/s1. The molecule has 2 rings (SSSR count). The van der Waals surface area contributed by atoms with E-state index in [0.29, 0.717) is 11.3 Å². The average molecular weight is 364 g/mol. The highest BCUT2D eigenvalue weighted by molar-refractivity contribution is 5.96. The quantitative estimate of drug-likeness (QED) is 0.825. The second-order valence-corrected chi connectivity index (χ2v) is 6.57. The molecule has 6 heteroatoms. The van der Waals surface area contributed by atoms with Crippen molar-refractivity contribution in [1.29, 1.82) is 5.26 Å². The van der Waals surface area contributed by atoms with Crippen LogP contribution in [-0.4, -0.2) is 36.3 Å². The number of carbonyl (C=O) groups is 2. The molecule has 140 valence electrons. The van der Waals surface area contributed by atoms with Crippen molar-refractivity contribution in [2.75, 3.05) is 24.2 Å². The van der Waals surface area contributed by atoms with Crippen LogP contribution in [0.5, 0.6) is 0 Å². The molecule has 0 aliphatic carbocycles. The van der Waals surface area contributed by atoms with Crippen LogP contribution in [0.1, 0.15) is 23.6 Å². The summed E-state index contributed by atoms with van der Waals surface area (Å²) in [5.41, 5.74) is 3.94. The molecule has 0 spiro atoms. The molecule has 0 saturated heterocycles. The molecule has 0 aliphatic heterocycles. The Morgan fingerprint density at radius 2 is 1.85 bits per heavy atom. The van der Waals surface area contributed by atoms with Crippen LogP contribution in [0.25, 0.3) is 0 Å². The molecule has 0 radical (unpaired) electrons. The number of nitrogens with zero attached hydrogens (tertiary/aromatic N) is 2. The lowest BCUT2D eigenvalue weighted by Gasteiger charge is -2.23. The molecule has 0 unspecified atom stereocenters. The van der Waals surface area contributed by atoms with Crippen molar-refractivity contribution in [3.05, 3.63) is 59.2 Å². The Labute approximate surface area is 159 Å². The fraction of sp³-hybridized carbons (Fsp3) is 0.286. The molecule has 2 amide bonds. The number of nitrogens with one attached hydrogen (secondary N) is 2. The first kappa shape index (κ1) is 20.1. The maximum atomic E-state index is 12.4. The number of hydrogen-bond donors (Lipinski definition) is 2. The molecule has 1 atom stereocenters. The molecule has 2 aromatic rings. The molecule has 6 nitrogen and oxygen atoms in total. The fourth-order valence-electron chi connectivity index (χ4n) is 2.55. The Bertz CT molecular complexity index is 886. The van der Waals surface area contributed by atoms with Gasteiger partial charge in [-0.15, -0.1) is 0 Å². The van der Waals surface area contributed by atoms with Gasteiger partial charge in [0.1, 0.15) is 0 Å². The van der Waals surface area contributed by atoms with Crippen LogP contribution >= 0.6 is 0 Å². The third-order valence-corrected chi connectivity index (χ3v) is 4.57. The Morgan fingerprint density at radius 1 is 1.15 bits per heavy atom. The number of benzene rings is 2. The summed E-state index contributed by atoms with van der Waals surface area (Å²) in [6.45, 7) is 5.76. The van der Waals surface area contributed by atoms with E-state index in [-0.39, 0.29) is 18.4 Å². The number of hydrogen-bond acceptors (Lipinski definition) is 4. The van der Waals surface area contributed by atoms with Crippen molar-refractivity contribution in [3.63, 3.8) is 0 Å². The predicted molar refractivity (Wildman–Crippen MR) is 106 cm³/mol. The van der Waals surface area contributed by atoms with Gasteiger partial charge in [-0.3, -0.25) is 14.5 Å². The zero-order valence-electron chi connectivity index (χ0n) is 16.0. The smallest absolute Gasteiger partial charge is 0.241 e. The van der Waals surface area contributed by atoms with Gasteiger partial charge < -0.3 is 10.6 Å². The van der Waals surface area contributed by atoms with Crippen LogP contribution in [0.2, 0.25) is 0 Å². The molecule has 0 aromatic heterocycles. The van der Waals surface area contributed by atoms with Crippen molar-refractivity contribution < 1.29 is 9.59 Å². The monoisotopic (exact) mass is 364 g/mol. The summed E-state index contributed by atoms with van der Waals surface area (Å²) in [7, 11) is 1.72. The number of rotatable bonds is 6. The average Bonchev–Trinajstić information content (AvgIpc) is 2.64. The van der Waals surface area contributed by atoms with Crippen molar-refractivity contribution in [1.82, 2.24) is 4.90 Å². The molecule has 0 heterocycles. The van der Waals surface area contributed by atoms with E-state index in [4.69, 9.17) is 5.26 Å². The van der Waals surface area contributed by atoms with Gasteiger partial charge in [0.15, 0.2) is 0 Å². The topological polar surface area (TPSA) is 85.2 Å². The van der Waals surface area contributed by atoms with E-state index in [2.05, 4.69) is 10.6 Å². The summed E-state index contributed by atoms with van der Waals surface area (Å²) in [4.78, 5) is 26.4. The molecular weight excluding hydrogens is 340 g/mol. The number of likely N-dealkylation sites (N-methyl/N-ethyl adjacent to an activating group) is 1. The molecule has 2 aromatic carbocycles. The number of carbonyl (C=O) groups excluding carboxylic acids is 2. The minimum absolute atomic E-state index is 0.0835. The Kier molecular flexibility index (Phi) is 6.69. The van der Waals surface area contributed by atoms with Crippen LogP contribution in [0.3, 0.4) is 0 Å². The first-order valence-electron chi connectivity index (χ1n) is 8.69. The lowest BCUT2D eigenvalue weighted by atomic mass is 10.1. The van der Waals surface area contributed by atoms with Gasteiger partial charge in [-0.05, 0) is 63.2 Å². The van der Waals surface area contributed by atoms with E-state index in [9.17, 15) is 9.59 Å². The molecular formula is C21H24N4O2. The number of aryl methyl sites for hydroxylation is 1. The highest BCUT2D eigenvalue weighted by Gasteiger charge is 2.20. The Morgan fingerprint density at radius 3 is 2.56 bits per heavy atom. The highest BCUT2D eigenvalue weighted by Crippen LogP contribution is 2.18. The highest BCUT2D eigenvalue weighted by atomic mass is 16.2. The predicted octanol–water partition coefficient (Wildman–Crippen LogP) is 3.07. The van der Waals surface area contributed by atoms with E-state index in [1.54, 1.807) is 43.1 Å². The van der Waals surface area contributed by atoms with Gasteiger partial charge in [0.25, 0.3) is 0 Å². The first-order chi connectivity index (χ1) is 12.8. The summed E-state index contributed by atoms with van der Waals surface area (Å²) in [6.07, 6.45) is 0. The van der Waals surface area contributed by atoms with Gasteiger partial charge in [-0.2, -0.15) is 5.26 Å². The third kappa shape index (κ3) is 5.40. The van der Waals surface area contributed by atoms with Crippen LogP contribution in [0.15, 0.2) is 42.5 Å². The zero-order valence-corrected chi connectivity index (χ0v) is 16.0. The molecule has 0 fully saturated rings. The summed E-state index contributed by atoms with van der Waals surface area (Å²) >= 11 is 0. The van der Waals surface area contributed by atoms with Crippen molar-refractivity contribution in [2.24, 2.45) is 0 Å². The van der Waals surface area contributed by atoms with Gasteiger partial charge in [0, 0.05) is 11.4 Å². The number of amides is 2. The van der Waals surface area contributed by atoms with Gasteiger partial charge in [0.2, 0.25) is 11.8 Å². The van der Waals surface area contributed by atoms with E-state index in [0.717, 1.165) is 16.8 Å². The minimum atomic E-state index is -0.514. The summed E-state index contributed by atoms with van der Waals surface area (Å²) in [5.74, 6) is -0.426. The van der Waals surface area contributed by atoms with E-state index in [1.165, 1.54) is 0 Å². The summed E-state index contributed by atoms with van der Waals surface area (Å²) < 4.78 is 0. The molecule has 0 saturated carbocycles. The second kappa shape index (κ2) is 8.97. The number of nitriles is 1. The van der Waals surface area contributed by atoms with Crippen LogP contribution < -0.4 is 10.6 Å². The largest absolute Gasteiger partial charge is 0.325 e. The van der Waals surface area contributed by atoms with Gasteiger partial charge >= 0.3 is 0 Å². The van der Waals surface area contributed by atoms with Crippen molar-refractivity contribution in [3.8, 4) is 6.07 Å². The third-order valence-electron chi connectivity index (χ3n) is 4.57. The maximum absolute atomic E-state index is 12.4. The lowest BCUT2D eigenvalue weighted by molar-refractivity contribution is -0.122. The SMILES string of the molecule is Cc1cccc(NC(=O)CN(C)[C@@H](C)C(=O)Nc2cccc(C#N)c2)c1C. The Hall–Kier alpha value is -3.17. The normalized spacial score (nSPS) is 11.6. The van der Waals surface area contributed by atoms with Gasteiger partial charge in [0.05, 0.1) is 24.2 Å². The summed E-state index contributed by atoms with van der Waals surface area (Å²) in [5, 5.41) is 14.6. The molecule has 0 bridgehead atoms. The fourth-order valence-corrected chi connectivity index (χ4v) is 2.55. The first-order valence-corrected chi connectivity index (χ1v) is 8.69. The number of anilines is 2.